The van der Waals surface area contributed by atoms with E-state index in [4.69, 9.17) is 0 Å². The van der Waals surface area contributed by atoms with Gasteiger partial charge in [0.2, 0.25) is 5.91 Å². The molecular formula is C16H14BrNO2. The Bertz CT molecular complexity index is 677. The number of halogens is 1. The van der Waals surface area contributed by atoms with E-state index in [-0.39, 0.29) is 5.91 Å². The summed E-state index contributed by atoms with van der Waals surface area (Å²) in [5, 5.41) is 13.3. The zero-order valence-electron chi connectivity index (χ0n) is 11.0. The van der Waals surface area contributed by atoms with Crippen molar-refractivity contribution in [3.05, 3.63) is 63.1 Å². The van der Waals surface area contributed by atoms with Gasteiger partial charge in [-0.15, -0.1) is 0 Å². The second kappa shape index (κ2) is 5.04. The second-order valence-electron chi connectivity index (χ2n) is 5.11. The summed E-state index contributed by atoms with van der Waals surface area (Å²) in [6, 6.07) is 11.5. The minimum absolute atomic E-state index is 0.00457. The third-order valence-corrected chi connectivity index (χ3v) is 3.91. The van der Waals surface area contributed by atoms with Gasteiger partial charge in [0.25, 0.3) is 0 Å². The van der Waals surface area contributed by atoms with Crippen LogP contribution in [0.2, 0.25) is 0 Å². The van der Waals surface area contributed by atoms with Crippen molar-refractivity contribution in [3.63, 3.8) is 0 Å². The minimum Gasteiger partial charge on any atom is -0.384 e. The van der Waals surface area contributed by atoms with E-state index in [2.05, 4.69) is 21.2 Å². The fourth-order valence-corrected chi connectivity index (χ4v) is 3.16. The Morgan fingerprint density at radius 2 is 2.00 bits per heavy atom. The summed E-state index contributed by atoms with van der Waals surface area (Å²) >= 11 is 3.45. The molecule has 4 heteroatoms. The molecule has 102 valence electrons. The normalized spacial score (nSPS) is 14.8. The fourth-order valence-electron chi connectivity index (χ4n) is 2.53. The van der Waals surface area contributed by atoms with Crippen molar-refractivity contribution in [2.45, 2.75) is 19.4 Å². The molecule has 3 rings (SSSR count). The monoisotopic (exact) mass is 331 g/mol. The summed E-state index contributed by atoms with van der Waals surface area (Å²) in [7, 11) is 0. The average Bonchev–Trinajstić information content (AvgIpc) is 2.75. The van der Waals surface area contributed by atoms with Crippen LogP contribution in [0.3, 0.4) is 0 Å². The number of anilines is 1. The summed E-state index contributed by atoms with van der Waals surface area (Å²) in [5.41, 5.74) is 4.52. The fraction of sp³-hybridized carbons (Fsp3) is 0.188. The molecule has 0 radical (unpaired) electrons. The predicted molar refractivity (Wildman–Crippen MR) is 81.7 cm³/mol. The van der Waals surface area contributed by atoms with E-state index >= 15 is 0 Å². The first-order valence-corrected chi connectivity index (χ1v) is 7.20. The van der Waals surface area contributed by atoms with E-state index in [0.29, 0.717) is 6.42 Å². The summed E-state index contributed by atoms with van der Waals surface area (Å²) in [6.07, 6.45) is -0.305. The minimum atomic E-state index is -0.688. The lowest BCUT2D eigenvalue weighted by Crippen LogP contribution is -2.03. The molecule has 0 aromatic heterocycles. The molecule has 0 fully saturated rings. The van der Waals surface area contributed by atoms with Gasteiger partial charge >= 0.3 is 0 Å². The van der Waals surface area contributed by atoms with Crippen LogP contribution in [0.5, 0.6) is 0 Å². The van der Waals surface area contributed by atoms with Gasteiger partial charge in [-0.2, -0.15) is 0 Å². The highest BCUT2D eigenvalue weighted by molar-refractivity contribution is 9.10. The molecule has 1 unspecified atom stereocenters. The lowest BCUT2D eigenvalue weighted by atomic mass is 9.98. The van der Waals surface area contributed by atoms with E-state index < -0.39 is 6.10 Å². The van der Waals surface area contributed by atoms with Crippen LogP contribution in [-0.4, -0.2) is 11.0 Å². The summed E-state index contributed by atoms with van der Waals surface area (Å²) in [5.74, 6) is 0.00457. The lowest BCUT2D eigenvalue weighted by molar-refractivity contribution is -0.115. The van der Waals surface area contributed by atoms with Crippen molar-refractivity contribution >= 4 is 27.5 Å². The van der Waals surface area contributed by atoms with E-state index in [1.807, 2.05) is 43.3 Å². The number of aryl methyl sites for hydroxylation is 1. The van der Waals surface area contributed by atoms with Gasteiger partial charge in [0.15, 0.2) is 0 Å². The summed E-state index contributed by atoms with van der Waals surface area (Å²) in [4.78, 5) is 11.4. The molecular weight excluding hydrogens is 318 g/mol. The first-order valence-electron chi connectivity index (χ1n) is 6.41. The van der Waals surface area contributed by atoms with Gasteiger partial charge in [0.05, 0.1) is 6.42 Å². The molecule has 0 spiro atoms. The van der Waals surface area contributed by atoms with Crippen molar-refractivity contribution < 1.29 is 9.90 Å². The first-order chi connectivity index (χ1) is 9.52. The Labute approximate surface area is 125 Å². The maximum Gasteiger partial charge on any atom is 0.228 e. The molecule has 1 atom stereocenters. The van der Waals surface area contributed by atoms with Crippen LogP contribution in [0.4, 0.5) is 5.69 Å². The Balaban J connectivity index is 1.97. The molecule has 2 aromatic rings. The molecule has 2 aromatic carbocycles. The Morgan fingerprint density at radius 1 is 1.20 bits per heavy atom. The maximum absolute atomic E-state index is 11.4. The van der Waals surface area contributed by atoms with E-state index in [1.165, 1.54) is 0 Å². The molecule has 1 aliphatic rings. The van der Waals surface area contributed by atoms with Gasteiger partial charge in [-0.1, -0.05) is 34.1 Å². The standard InChI is InChI=1S/C16H14BrNO2/c1-9-4-12(7-13(17)5-9)16(20)10-2-3-14-11(6-10)8-15(19)18-14/h2-7,16,20H,8H2,1H3,(H,18,19). The number of amides is 1. The number of nitrogens with one attached hydrogen (secondary N) is 1. The Morgan fingerprint density at radius 3 is 2.75 bits per heavy atom. The van der Waals surface area contributed by atoms with E-state index in [9.17, 15) is 9.90 Å². The molecule has 0 saturated carbocycles. The van der Waals surface area contributed by atoms with Crippen molar-refractivity contribution in [3.8, 4) is 0 Å². The number of aliphatic hydroxyl groups excluding tert-OH is 1. The Kier molecular flexibility index (Phi) is 3.36. The number of hydrogen-bond donors (Lipinski definition) is 2. The largest absolute Gasteiger partial charge is 0.384 e. The molecule has 0 aliphatic carbocycles. The number of carbonyl (C=O) groups excluding carboxylic acids is 1. The van der Waals surface area contributed by atoms with Crippen molar-refractivity contribution in [2.24, 2.45) is 0 Å². The molecule has 2 N–H and O–H groups in total. The van der Waals surface area contributed by atoms with Crippen LogP contribution in [0.15, 0.2) is 40.9 Å². The Hall–Kier alpha value is -1.65. The maximum atomic E-state index is 11.4. The summed E-state index contributed by atoms with van der Waals surface area (Å²) in [6.45, 7) is 1.99. The van der Waals surface area contributed by atoms with Crippen LogP contribution < -0.4 is 5.32 Å². The van der Waals surface area contributed by atoms with Gasteiger partial charge in [-0.3, -0.25) is 4.79 Å². The number of carbonyl (C=O) groups is 1. The van der Waals surface area contributed by atoms with Gasteiger partial charge in [0.1, 0.15) is 6.10 Å². The third kappa shape index (κ3) is 2.49. The predicted octanol–water partition coefficient (Wildman–Crippen LogP) is 3.33. The lowest BCUT2D eigenvalue weighted by Gasteiger charge is -2.14. The van der Waals surface area contributed by atoms with Gasteiger partial charge in [-0.25, -0.2) is 0 Å². The number of benzene rings is 2. The van der Waals surface area contributed by atoms with Crippen LogP contribution in [-0.2, 0) is 11.2 Å². The third-order valence-electron chi connectivity index (χ3n) is 3.45. The molecule has 20 heavy (non-hydrogen) atoms. The van der Waals surface area contributed by atoms with Crippen LogP contribution in [0.25, 0.3) is 0 Å². The highest BCUT2D eigenvalue weighted by atomic mass is 79.9. The van der Waals surface area contributed by atoms with Crippen LogP contribution >= 0.6 is 15.9 Å². The van der Waals surface area contributed by atoms with E-state index in [0.717, 1.165) is 32.4 Å². The quantitative estimate of drug-likeness (QED) is 0.886. The molecule has 0 saturated heterocycles. The molecule has 0 bridgehead atoms. The van der Waals surface area contributed by atoms with Crippen molar-refractivity contribution in [1.82, 2.24) is 0 Å². The molecule has 1 heterocycles. The second-order valence-corrected chi connectivity index (χ2v) is 6.02. The molecule has 1 aliphatic heterocycles. The topological polar surface area (TPSA) is 49.3 Å². The highest BCUT2D eigenvalue weighted by Crippen LogP contribution is 2.30. The zero-order valence-corrected chi connectivity index (χ0v) is 12.6. The average molecular weight is 332 g/mol. The molecule has 3 nitrogen and oxygen atoms in total. The number of rotatable bonds is 2. The smallest absolute Gasteiger partial charge is 0.228 e. The number of fused-ring (bicyclic) bond motifs is 1. The van der Waals surface area contributed by atoms with Crippen molar-refractivity contribution in [1.29, 1.82) is 0 Å². The molecule has 1 amide bonds. The number of aliphatic hydroxyl groups is 1. The van der Waals surface area contributed by atoms with Gasteiger partial charge in [0, 0.05) is 10.2 Å². The van der Waals surface area contributed by atoms with Crippen LogP contribution in [0, 0.1) is 6.92 Å². The highest BCUT2D eigenvalue weighted by Gasteiger charge is 2.20. The summed E-state index contributed by atoms with van der Waals surface area (Å²) < 4.78 is 0.949. The van der Waals surface area contributed by atoms with Crippen molar-refractivity contribution in [2.75, 3.05) is 5.32 Å². The van der Waals surface area contributed by atoms with Gasteiger partial charge < -0.3 is 10.4 Å². The SMILES string of the molecule is Cc1cc(Br)cc(C(O)c2ccc3c(c2)CC(=O)N3)c1. The van der Waals surface area contributed by atoms with Gasteiger partial charge in [-0.05, 0) is 47.4 Å². The number of hydrogen-bond acceptors (Lipinski definition) is 2. The van der Waals surface area contributed by atoms with E-state index in [1.54, 1.807) is 0 Å². The first kappa shape index (κ1) is 13.3. The zero-order chi connectivity index (χ0) is 14.3. The van der Waals surface area contributed by atoms with Crippen LogP contribution in [0.1, 0.15) is 28.4 Å².